The number of thiazole rings is 1. The highest BCUT2D eigenvalue weighted by molar-refractivity contribution is 7.14. The number of nitrogens with one attached hydrogen (secondary N) is 2. The van der Waals surface area contributed by atoms with Crippen molar-refractivity contribution < 1.29 is 4.79 Å². The predicted molar refractivity (Wildman–Crippen MR) is 134 cm³/mol. The molecule has 1 aromatic heterocycles. The van der Waals surface area contributed by atoms with Crippen molar-refractivity contribution in [1.82, 2.24) is 10.4 Å². The Morgan fingerprint density at radius 1 is 0.938 bits per heavy atom. The van der Waals surface area contributed by atoms with E-state index >= 15 is 0 Å². The van der Waals surface area contributed by atoms with Crippen LogP contribution in [-0.2, 0) is 0 Å². The maximum atomic E-state index is 12.3. The van der Waals surface area contributed by atoms with Gasteiger partial charge >= 0.3 is 0 Å². The largest absolute Gasteiger partial charge is 0.332 e. The molecule has 0 radical (unpaired) electrons. The van der Waals surface area contributed by atoms with Gasteiger partial charge in [-0.3, -0.25) is 4.79 Å². The van der Waals surface area contributed by atoms with E-state index in [9.17, 15) is 4.79 Å². The minimum absolute atomic E-state index is 0.323. The van der Waals surface area contributed by atoms with Gasteiger partial charge in [0, 0.05) is 27.2 Å². The Labute approximate surface area is 203 Å². The summed E-state index contributed by atoms with van der Waals surface area (Å²) in [5.74, 6) is -0.323. The number of amides is 1. The van der Waals surface area contributed by atoms with E-state index in [1.165, 1.54) is 17.6 Å². The first-order valence-electron chi connectivity index (χ1n) is 9.35. The highest BCUT2D eigenvalue weighted by Crippen LogP contribution is 2.28. The molecule has 0 saturated heterocycles. The van der Waals surface area contributed by atoms with E-state index in [1.54, 1.807) is 30.3 Å². The standard InChI is InChI=1S/C23H15Cl3N4OS/c24-17-6-8-18(9-7-17)28-23-29-21(13-32-23)15-2-4-16(5-3-15)22(31)30-27-12-14-1-10-19(25)20(26)11-14/h1-13H,(H,28,29)(H,30,31)/b27-12-. The van der Waals surface area contributed by atoms with Crippen molar-refractivity contribution in [1.29, 1.82) is 0 Å². The number of hydrogen-bond acceptors (Lipinski definition) is 5. The van der Waals surface area contributed by atoms with Gasteiger partial charge in [-0.15, -0.1) is 11.3 Å². The maximum absolute atomic E-state index is 12.3. The van der Waals surface area contributed by atoms with Crippen LogP contribution in [0.2, 0.25) is 15.1 Å². The first kappa shape index (κ1) is 22.3. The number of rotatable bonds is 6. The quantitative estimate of drug-likeness (QED) is 0.215. The lowest BCUT2D eigenvalue weighted by atomic mass is 10.1. The van der Waals surface area contributed by atoms with Gasteiger partial charge in [0.1, 0.15) is 0 Å². The van der Waals surface area contributed by atoms with Gasteiger partial charge in [0.25, 0.3) is 5.91 Å². The zero-order valence-corrected chi connectivity index (χ0v) is 19.4. The Bertz CT molecular complexity index is 1270. The molecule has 4 rings (SSSR count). The first-order chi connectivity index (χ1) is 15.5. The molecule has 32 heavy (non-hydrogen) atoms. The molecule has 1 amide bonds. The monoisotopic (exact) mass is 500 g/mol. The van der Waals surface area contributed by atoms with Crippen molar-refractivity contribution in [2.75, 3.05) is 5.32 Å². The zero-order chi connectivity index (χ0) is 22.5. The normalized spacial score (nSPS) is 11.0. The third-order valence-electron chi connectivity index (χ3n) is 4.37. The molecule has 0 aliphatic heterocycles. The molecule has 0 unspecified atom stereocenters. The van der Waals surface area contributed by atoms with Gasteiger partial charge in [-0.25, -0.2) is 10.4 Å². The summed E-state index contributed by atoms with van der Waals surface area (Å²) in [6.45, 7) is 0. The van der Waals surface area contributed by atoms with E-state index in [2.05, 4.69) is 20.8 Å². The number of hydrazone groups is 1. The highest BCUT2D eigenvalue weighted by atomic mass is 35.5. The summed E-state index contributed by atoms with van der Waals surface area (Å²) in [7, 11) is 0. The minimum atomic E-state index is -0.323. The Kier molecular flexibility index (Phi) is 7.07. The average Bonchev–Trinajstić information content (AvgIpc) is 3.26. The molecular weight excluding hydrogens is 487 g/mol. The summed E-state index contributed by atoms with van der Waals surface area (Å²) in [6, 6.07) is 19.6. The van der Waals surface area contributed by atoms with Crippen LogP contribution in [0.15, 0.2) is 77.2 Å². The lowest BCUT2D eigenvalue weighted by molar-refractivity contribution is 0.0955. The third kappa shape index (κ3) is 5.66. The molecule has 160 valence electrons. The molecule has 0 fully saturated rings. The summed E-state index contributed by atoms with van der Waals surface area (Å²) in [5.41, 5.74) is 6.33. The molecule has 9 heteroatoms. The summed E-state index contributed by atoms with van der Waals surface area (Å²) in [5, 5.41) is 11.5. The van der Waals surface area contributed by atoms with E-state index < -0.39 is 0 Å². The fraction of sp³-hybridized carbons (Fsp3) is 0. The van der Waals surface area contributed by atoms with Gasteiger partial charge in [-0.05, 0) is 54.1 Å². The summed E-state index contributed by atoms with van der Waals surface area (Å²) < 4.78 is 0. The third-order valence-corrected chi connectivity index (χ3v) is 6.11. The molecule has 0 bridgehead atoms. The second-order valence-corrected chi connectivity index (χ2v) is 8.73. The van der Waals surface area contributed by atoms with Crippen LogP contribution in [-0.4, -0.2) is 17.1 Å². The van der Waals surface area contributed by atoms with Crippen LogP contribution in [0.3, 0.4) is 0 Å². The number of halogens is 3. The lowest BCUT2D eigenvalue weighted by Gasteiger charge is -2.03. The molecule has 0 aliphatic carbocycles. The molecule has 0 atom stereocenters. The maximum Gasteiger partial charge on any atom is 0.271 e. The number of benzene rings is 3. The fourth-order valence-corrected chi connectivity index (χ4v) is 3.91. The minimum Gasteiger partial charge on any atom is -0.332 e. The number of carbonyl (C=O) groups is 1. The summed E-state index contributed by atoms with van der Waals surface area (Å²) in [4.78, 5) is 16.9. The molecular formula is C23H15Cl3N4OS. The van der Waals surface area contributed by atoms with Crippen molar-refractivity contribution in [2.24, 2.45) is 5.10 Å². The van der Waals surface area contributed by atoms with E-state index in [0.29, 0.717) is 20.6 Å². The van der Waals surface area contributed by atoms with Gasteiger partial charge in [0.05, 0.1) is 22.0 Å². The first-order valence-corrected chi connectivity index (χ1v) is 11.4. The molecule has 2 N–H and O–H groups in total. The van der Waals surface area contributed by atoms with Crippen LogP contribution >= 0.6 is 46.1 Å². The number of nitrogens with zero attached hydrogens (tertiary/aromatic N) is 2. The van der Waals surface area contributed by atoms with Crippen LogP contribution in [0, 0.1) is 0 Å². The van der Waals surface area contributed by atoms with Crippen LogP contribution in [0.1, 0.15) is 15.9 Å². The van der Waals surface area contributed by atoms with E-state index in [-0.39, 0.29) is 5.91 Å². The van der Waals surface area contributed by atoms with Gasteiger partial charge in [0.2, 0.25) is 0 Å². The molecule has 1 heterocycles. The van der Waals surface area contributed by atoms with Gasteiger partial charge < -0.3 is 5.32 Å². The summed E-state index contributed by atoms with van der Waals surface area (Å²) >= 11 is 19.3. The Morgan fingerprint density at radius 3 is 2.41 bits per heavy atom. The van der Waals surface area contributed by atoms with Crippen molar-refractivity contribution in [3.8, 4) is 11.3 Å². The Balaban J connectivity index is 1.37. The number of aromatic nitrogens is 1. The van der Waals surface area contributed by atoms with Gasteiger partial charge in [-0.1, -0.05) is 53.0 Å². The Hall–Kier alpha value is -2.90. The zero-order valence-electron chi connectivity index (χ0n) is 16.4. The smallest absolute Gasteiger partial charge is 0.271 e. The molecule has 4 aromatic rings. The molecule has 0 spiro atoms. The number of hydrogen-bond donors (Lipinski definition) is 2. The fourth-order valence-electron chi connectivity index (χ4n) is 2.74. The highest BCUT2D eigenvalue weighted by Gasteiger charge is 2.08. The van der Waals surface area contributed by atoms with Crippen LogP contribution < -0.4 is 10.7 Å². The van der Waals surface area contributed by atoms with Crippen molar-refractivity contribution in [3.63, 3.8) is 0 Å². The van der Waals surface area contributed by atoms with E-state index in [0.717, 1.165) is 27.6 Å². The molecule has 0 aliphatic rings. The van der Waals surface area contributed by atoms with Crippen LogP contribution in [0.25, 0.3) is 11.3 Å². The molecule has 3 aromatic carbocycles. The van der Waals surface area contributed by atoms with Crippen LogP contribution in [0.4, 0.5) is 10.8 Å². The Morgan fingerprint density at radius 2 is 1.69 bits per heavy atom. The van der Waals surface area contributed by atoms with Crippen LogP contribution in [0.5, 0.6) is 0 Å². The second kappa shape index (κ2) is 10.1. The van der Waals surface area contributed by atoms with Gasteiger partial charge in [0.15, 0.2) is 5.13 Å². The molecule has 5 nitrogen and oxygen atoms in total. The van der Waals surface area contributed by atoms with Crippen molar-refractivity contribution >= 4 is 69.1 Å². The lowest BCUT2D eigenvalue weighted by Crippen LogP contribution is -2.17. The molecule has 0 saturated carbocycles. The topological polar surface area (TPSA) is 66.4 Å². The number of anilines is 2. The van der Waals surface area contributed by atoms with Crippen molar-refractivity contribution in [3.05, 3.63) is 98.3 Å². The van der Waals surface area contributed by atoms with E-state index in [4.69, 9.17) is 34.8 Å². The summed E-state index contributed by atoms with van der Waals surface area (Å²) in [6.07, 6.45) is 1.50. The van der Waals surface area contributed by atoms with Gasteiger partial charge in [-0.2, -0.15) is 5.10 Å². The predicted octanol–water partition coefficient (Wildman–Crippen LogP) is 7.28. The SMILES string of the molecule is O=C(N/N=C\c1ccc(Cl)c(Cl)c1)c1ccc(-c2csc(Nc3ccc(Cl)cc3)n2)cc1. The second-order valence-electron chi connectivity index (χ2n) is 6.62. The van der Waals surface area contributed by atoms with Crippen molar-refractivity contribution in [2.45, 2.75) is 0 Å². The number of carbonyl (C=O) groups excluding carboxylic acids is 1. The van der Waals surface area contributed by atoms with E-state index in [1.807, 2.05) is 41.8 Å². The average molecular weight is 502 g/mol.